The summed E-state index contributed by atoms with van der Waals surface area (Å²) >= 11 is 0. The number of hydrogen-bond donors (Lipinski definition) is 0. The van der Waals surface area contributed by atoms with E-state index < -0.39 is 0 Å². The molecule has 1 saturated carbocycles. The monoisotopic (exact) mass is 245 g/mol. The molecule has 1 aromatic rings. The third kappa shape index (κ3) is 2.14. The van der Waals surface area contributed by atoms with Crippen molar-refractivity contribution in [2.75, 3.05) is 20.2 Å². The van der Waals surface area contributed by atoms with Gasteiger partial charge in [0.2, 0.25) is 0 Å². The number of nitrogens with zero attached hydrogens (tertiary/aromatic N) is 1. The molecular formula is C16H23NO. The van der Waals surface area contributed by atoms with Gasteiger partial charge in [0.05, 0.1) is 7.11 Å². The number of ether oxygens (including phenoxy) is 1. The first-order chi connectivity index (χ1) is 8.78. The molecule has 2 heteroatoms. The van der Waals surface area contributed by atoms with E-state index >= 15 is 0 Å². The standard InChI is InChI=1S/C16H23NO/c1-12-10-17(14-4-3-5-14)11-16(12)13-6-8-15(18-2)9-7-13/h6-9,12,14,16H,3-5,10-11H2,1-2H3/t12?,16-/m1/s1. The molecular weight excluding hydrogens is 222 g/mol. The van der Waals surface area contributed by atoms with Crippen molar-refractivity contribution in [1.82, 2.24) is 4.90 Å². The SMILES string of the molecule is COc1ccc([C@@H]2CN(C3CCC3)CC2C)cc1. The Morgan fingerprint density at radius 1 is 1.11 bits per heavy atom. The molecule has 2 atom stereocenters. The number of likely N-dealkylation sites (tertiary alicyclic amines) is 1. The van der Waals surface area contributed by atoms with E-state index in [1.54, 1.807) is 7.11 Å². The summed E-state index contributed by atoms with van der Waals surface area (Å²) in [4.78, 5) is 2.71. The third-order valence-electron chi connectivity index (χ3n) is 4.78. The van der Waals surface area contributed by atoms with Crippen LogP contribution in [0.1, 0.15) is 37.7 Å². The minimum Gasteiger partial charge on any atom is -0.497 e. The topological polar surface area (TPSA) is 12.5 Å². The van der Waals surface area contributed by atoms with Gasteiger partial charge in [0.1, 0.15) is 5.75 Å². The van der Waals surface area contributed by atoms with Gasteiger partial charge >= 0.3 is 0 Å². The van der Waals surface area contributed by atoms with Crippen LogP contribution < -0.4 is 4.74 Å². The summed E-state index contributed by atoms with van der Waals surface area (Å²) in [5, 5.41) is 0. The molecule has 3 rings (SSSR count). The molecule has 1 heterocycles. The number of rotatable bonds is 3. The van der Waals surface area contributed by atoms with E-state index in [1.807, 2.05) is 0 Å². The zero-order valence-corrected chi connectivity index (χ0v) is 11.4. The summed E-state index contributed by atoms with van der Waals surface area (Å²) in [6.07, 6.45) is 4.27. The summed E-state index contributed by atoms with van der Waals surface area (Å²) in [6.45, 7) is 4.92. The van der Waals surface area contributed by atoms with Crippen LogP contribution in [-0.4, -0.2) is 31.1 Å². The molecule has 0 radical (unpaired) electrons. The predicted octanol–water partition coefficient (Wildman–Crippen LogP) is 3.28. The van der Waals surface area contributed by atoms with E-state index in [9.17, 15) is 0 Å². The van der Waals surface area contributed by atoms with Gasteiger partial charge < -0.3 is 4.74 Å². The molecule has 2 nitrogen and oxygen atoms in total. The highest BCUT2D eigenvalue weighted by Gasteiger charge is 2.36. The molecule has 98 valence electrons. The summed E-state index contributed by atoms with van der Waals surface area (Å²) in [7, 11) is 1.73. The molecule has 0 bridgehead atoms. The minimum atomic E-state index is 0.705. The van der Waals surface area contributed by atoms with E-state index in [0.29, 0.717) is 5.92 Å². The molecule has 0 spiro atoms. The van der Waals surface area contributed by atoms with Crippen LogP contribution in [0.4, 0.5) is 0 Å². The van der Waals surface area contributed by atoms with E-state index in [4.69, 9.17) is 4.74 Å². The Kier molecular flexibility index (Phi) is 3.29. The summed E-state index contributed by atoms with van der Waals surface area (Å²) in [6, 6.07) is 9.55. The molecule has 1 aliphatic carbocycles. The van der Waals surface area contributed by atoms with E-state index in [-0.39, 0.29) is 0 Å². The molecule has 18 heavy (non-hydrogen) atoms. The lowest BCUT2D eigenvalue weighted by Gasteiger charge is -2.34. The Labute approximate surface area is 110 Å². The maximum Gasteiger partial charge on any atom is 0.118 e. The Bertz CT molecular complexity index is 396. The second-order valence-electron chi connectivity index (χ2n) is 5.90. The molecule has 2 fully saturated rings. The van der Waals surface area contributed by atoms with Crippen molar-refractivity contribution in [2.24, 2.45) is 5.92 Å². The average molecular weight is 245 g/mol. The van der Waals surface area contributed by atoms with Gasteiger partial charge in [-0.25, -0.2) is 0 Å². The summed E-state index contributed by atoms with van der Waals surface area (Å²) in [5.41, 5.74) is 1.48. The molecule has 1 aliphatic heterocycles. The Hall–Kier alpha value is -1.02. The lowest BCUT2D eigenvalue weighted by atomic mass is 9.90. The number of hydrogen-bond acceptors (Lipinski definition) is 2. The highest BCUT2D eigenvalue weighted by molar-refractivity contribution is 5.30. The molecule has 0 amide bonds. The lowest BCUT2D eigenvalue weighted by Crippen LogP contribution is -2.38. The van der Waals surface area contributed by atoms with Gasteiger partial charge in [0.25, 0.3) is 0 Å². The van der Waals surface area contributed by atoms with Gasteiger partial charge in [-0.1, -0.05) is 25.5 Å². The molecule has 1 unspecified atom stereocenters. The van der Waals surface area contributed by atoms with Crippen LogP contribution in [-0.2, 0) is 0 Å². The number of methoxy groups -OCH3 is 1. The second-order valence-corrected chi connectivity index (χ2v) is 5.90. The first-order valence-electron chi connectivity index (χ1n) is 7.16. The van der Waals surface area contributed by atoms with Crippen molar-refractivity contribution in [3.8, 4) is 5.75 Å². The summed E-state index contributed by atoms with van der Waals surface area (Å²) in [5.74, 6) is 2.44. The van der Waals surface area contributed by atoms with Crippen molar-refractivity contribution >= 4 is 0 Å². The Balaban J connectivity index is 1.70. The maximum absolute atomic E-state index is 5.23. The van der Waals surface area contributed by atoms with E-state index in [2.05, 4.69) is 36.1 Å². The van der Waals surface area contributed by atoms with Crippen LogP contribution in [0.25, 0.3) is 0 Å². The zero-order chi connectivity index (χ0) is 12.5. The fourth-order valence-electron chi connectivity index (χ4n) is 3.34. The third-order valence-corrected chi connectivity index (χ3v) is 4.78. The van der Waals surface area contributed by atoms with Crippen LogP contribution in [0.2, 0.25) is 0 Å². The first kappa shape index (κ1) is 12.0. The maximum atomic E-state index is 5.23. The smallest absolute Gasteiger partial charge is 0.118 e. The van der Waals surface area contributed by atoms with Gasteiger partial charge in [-0.15, -0.1) is 0 Å². The largest absolute Gasteiger partial charge is 0.497 e. The predicted molar refractivity (Wildman–Crippen MR) is 74.1 cm³/mol. The highest BCUT2D eigenvalue weighted by atomic mass is 16.5. The van der Waals surface area contributed by atoms with Crippen LogP contribution in [0.15, 0.2) is 24.3 Å². The fraction of sp³-hybridized carbons (Fsp3) is 0.625. The van der Waals surface area contributed by atoms with Crippen LogP contribution in [0, 0.1) is 5.92 Å². The van der Waals surface area contributed by atoms with Crippen LogP contribution in [0.5, 0.6) is 5.75 Å². The average Bonchev–Trinajstić information content (AvgIpc) is 2.69. The van der Waals surface area contributed by atoms with E-state index in [1.165, 1.54) is 37.9 Å². The fourth-order valence-corrected chi connectivity index (χ4v) is 3.34. The van der Waals surface area contributed by atoms with Gasteiger partial charge in [0, 0.05) is 25.0 Å². The van der Waals surface area contributed by atoms with Crippen molar-refractivity contribution in [3.05, 3.63) is 29.8 Å². The quantitative estimate of drug-likeness (QED) is 0.810. The Morgan fingerprint density at radius 3 is 2.39 bits per heavy atom. The van der Waals surface area contributed by atoms with Crippen LogP contribution >= 0.6 is 0 Å². The van der Waals surface area contributed by atoms with Gasteiger partial charge in [-0.2, -0.15) is 0 Å². The van der Waals surface area contributed by atoms with E-state index in [0.717, 1.165) is 17.7 Å². The first-order valence-corrected chi connectivity index (χ1v) is 7.16. The Morgan fingerprint density at radius 2 is 1.83 bits per heavy atom. The van der Waals surface area contributed by atoms with Gasteiger partial charge in [0.15, 0.2) is 0 Å². The van der Waals surface area contributed by atoms with Crippen molar-refractivity contribution in [1.29, 1.82) is 0 Å². The highest BCUT2D eigenvalue weighted by Crippen LogP contribution is 2.37. The number of benzene rings is 1. The molecule has 2 aliphatic rings. The zero-order valence-electron chi connectivity index (χ0n) is 11.4. The molecule has 1 saturated heterocycles. The van der Waals surface area contributed by atoms with Crippen molar-refractivity contribution in [3.63, 3.8) is 0 Å². The molecule has 1 aromatic carbocycles. The van der Waals surface area contributed by atoms with Gasteiger partial charge in [-0.3, -0.25) is 4.90 Å². The lowest BCUT2D eigenvalue weighted by molar-refractivity contribution is 0.153. The van der Waals surface area contributed by atoms with Crippen molar-refractivity contribution in [2.45, 2.75) is 38.1 Å². The summed E-state index contributed by atoms with van der Waals surface area (Å²) < 4.78 is 5.23. The normalized spacial score (nSPS) is 29.2. The van der Waals surface area contributed by atoms with Crippen LogP contribution in [0.3, 0.4) is 0 Å². The van der Waals surface area contributed by atoms with Gasteiger partial charge in [-0.05, 0) is 36.5 Å². The van der Waals surface area contributed by atoms with Crippen molar-refractivity contribution < 1.29 is 4.74 Å². The molecule has 0 N–H and O–H groups in total. The second kappa shape index (κ2) is 4.93. The minimum absolute atomic E-state index is 0.705. The molecule has 0 aromatic heterocycles.